The Bertz CT molecular complexity index is 434. The molecule has 0 amide bonds. The quantitative estimate of drug-likeness (QED) is 0.819. The van der Waals surface area contributed by atoms with Gasteiger partial charge in [0.05, 0.1) is 0 Å². The molecule has 1 nitrogen and oxygen atoms in total. The van der Waals surface area contributed by atoms with Crippen LogP contribution in [0.3, 0.4) is 0 Å². The molecule has 1 N–H and O–H groups in total. The highest BCUT2D eigenvalue weighted by atomic mass is 14.8. The Balaban J connectivity index is 2.12. The van der Waals surface area contributed by atoms with E-state index in [0.717, 1.165) is 13.0 Å². The second-order valence-electron chi connectivity index (χ2n) is 4.01. The summed E-state index contributed by atoms with van der Waals surface area (Å²) in [6.07, 6.45) is 1.01. The normalized spacial score (nSPS) is 10.3. The zero-order chi connectivity index (χ0) is 11.2. The van der Waals surface area contributed by atoms with Gasteiger partial charge in [0.25, 0.3) is 0 Å². The Morgan fingerprint density at radius 1 is 0.812 bits per heavy atom. The van der Waals surface area contributed by atoms with Crippen LogP contribution in [0.1, 0.15) is 16.7 Å². The third kappa shape index (κ3) is 2.94. The summed E-state index contributed by atoms with van der Waals surface area (Å²) in [5.74, 6) is 0. The van der Waals surface area contributed by atoms with Gasteiger partial charge in [0.1, 0.15) is 0 Å². The largest absolute Gasteiger partial charge is 0.316 e. The van der Waals surface area contributed by atoms with Crippen molar-refractivity contribution in [3.05, 3.63) is 71.3 Å². The summed E-state index contributed by atoms with van der Waals surface area (Å²) in [5.41, 5.74) is 4.08. The molecular formula is C15H17N. The van der Waals surface area contributed by atoms with Gasteiger partial charge in [-0.05, 0) is 30.2 Å². The van der Waals surface area contributed by atoms with Crippen LogP contribution in [0, 0.1) is 0 Å². The number of rotatable bonds is 4. The van der Waals surface area contributed by atoms with E-state index in [1.165, 1.54) is 16.7 Å². The highest BCUT2D eigenvalue weighted by Gasteiger charge is 1.97. The minimum atomic E-state index is 0.933. The van der Waals surface area contributed by atoms with E-state index in [9.17, 15) is 0 Å². The monoisotopic (exact) mass is 211 g/mol. The minimum absolute atomic E-state index is 0.933. The summed E-state index contributed by atoms with van der Waals surface area (Å²) < 4.78 is 0. The fourth-order valence-corrected chi connectivity index (χ4v) is 1.89. The van der Waals surface area contributed by atoms with E-state index in [1.54, 1.807) is 0 Å². The lowest BCUT2D eigenvalue weighted by Crippen LogP contribution is -2.05. The first-order chi connectivity index (χ1) is 7.88. The summed E-state index contributed by atoms with van der Waals surface area (Å²) in [7, 11) is 1.98. The number of nitrogens with one attached hydrogen (secondary N) is 1. The van der Waals surface area contributed by atoms with E-state index in [1.807, 2.05) is 7.05 Å². The summed E-state index contributed by atoms with van der Waals surface area (Å²) >= 11 is 0. The first kappa shape index (κ1) is 10.9. The van der Waals surface area contributed by atoms with Gasteiger partial charge < -0.3 is 5.32 Å². The minimum Gasteiger partial charge on any atom is -0.316 e. The molecule has 0 fully saturated rings. The molecular weight excluding hydrogens is 194 g/mol. The van der Waals surface area contributed by atoms with E-state index in [0.29, 0.717) is 0 Å². The lowest BCUT2D eigenvalue weighted by atomic mass is 10.0. The van der Waals surface area contributed by atoms with Crippen LogP contribution in [-0.2, 0) is 13.0 Å². The zero-order valence-electron chi connectivity index (χ0n) is 9.61. The predicted octanol–water partition coefficient (Wildman–Crippen LogP) is 3.00. The molecule has 0 radical (unpaired) electrons. The molecule has 2 aromatic rings. The summed E-state index contributed by atoms with van der Waals surface area (Å²) in [5, 5.41) is 3.18. The van der Waals surface area contributed by atoms with Gasteiger partial charge in [-0.3, -0.25) is 0 Å². The molecule has 0 atom stereocenters. The molecule has 0 aliphatic rings. The third-order valence-electron chi connectivity index (χ3n) is 2.62. The summed E-state index contributed by atoms with van der Waals surface area (Å²) in [6.45, 7) is 0.933. The van der Waals surface area contributed by atoms with Crippen LogP contribution < -0.4 is 5.32 Å². The topological polar surface area (TPSA) is 12.0 Å². The van der Waals surface area contributed by atoms with Crippen molar-refractivity contribution in [2.45, 2.75) is 13.0 Å². The van der Waals surface area contributed by atoms with Crippen molar-refractivity contribution in [2.24, 2.45) is 0 Å². The number of hydrogen-bond donors (Lipinski definition) is 1. The summed E-state index contributed by atoms with van der Waals surface area (Å²) in [4.78, 5) is 0. The van der Waals surface area contributed by atoms with Crippen LogP contribution in [0.2, 0.25) is 0 Å². The first-order valence-corrected chi connectivity index (χ1v) is 5.65. The van der Waals surface area contributed by atoms with Crippen molar-refractivity contribution in [3.63, 3.8) is 0 Å². The van der Waals surface area contributed by atoms with E-state index in [4.69, 9.17) is 0 Å². The average molecular weight is 211 g/mol. The molecule has 1 heteroatoms. The second kappa shape index (κ2) is 5.47. The number of hydrogen-bond acceptors (Lipinski definition) is 1. The fraction of sp³-hybridized carbons (Fsp3) is 0.200. The van der Waals surface area contributed by atoms with Gasteiger partial charge in [-0.2, -0.15) is 0 Å². The van der Waals surface area contributed by atoms with Crippen molar-refractivity contribution < 1.29 is 0 Å². The Morgan fingerprint density at radius 2 is 1.50 bits per heavy atom. The lowest BCUT2D eigenvalue weighted by Gasteiger charge is -2.05. The van der Waals surface area contributed by atoms with Gasteiger partial charge >= 0.3 is 0 Å². The van der Waals surface area contributed by atoms with Crippen LogP contribution in [-0.4, -0.2) is 7.05 Å². The molecule has 16 heavy (non-hydrogen) atoms. The molecule has 2 rings (SSSR count). The molecule has 82 valence electrons. The van der Waals surface area contributed by atoms with Gasteiger partial charge in [0, 0.05) is 6.54 Å². The second-order valence-corrected chi connectivity index (χ2v) is 4.01. The van der Waals surface area contributed by atoms with Gasteiger partial charge in [-0.15, -0.1) is 0 Å². The van der Waals surface area contributed by atoms with Crippen molar-refractivity contribution in [3.8, 4) is 0 Å². The van der Waals surface area contributed by atoms with Crippen LogP contribution in [0.5, 0.6) is 0 Å². The molecule has 0 unspecified atom stereocenters. The third-order valence-corrected chi connectivity index (χ3v) is 2.62. The predicted molar refractivity (Wildman–Crippen MR) is 68.5 cm³/mol. The zero-order valence-corrected chi connectivity index (χ0v) is 9.61. The first-order valence-electron chi connectivity index (χ1n) is 5.65. The Hall–Kier alpha value is -1.60. The van der Waals surface area contributed by atoms with Crippen molar-refractivity contribution in [2.75, 3.05) is 7.05 Å². The maximum atomic E-state index is 3.18. The molecule has 0 saturated heterocycles. The molecule has 0 spiro atoms. The van der Waals surface area contributed by atoms with Gasteiger partial charge in [-0.25, -0.2) is 0 Å². The maximum Gasteiger partial charge on any atom is 0.0202 e. The maximum absolute atomic E-state index is 3.18. The highest BCUT2D eigenvalue weighted by molar-refractivity contribution is 5.29. The van der Waals surface area contributed by atoms with Gasteiger partial charge in [0.2, 0.25) is 0 Å². The van der Waals surface area contributed by atoms with Crippen LogP contribution in [0.25, 0.3) is 0 Å². The van der Waals surface area contributed by atoms with Crippen molar-refractivity contribution in [1.29, 1.82) is 0 Å². The molecule has 0 bridgehead atoms. The van der Waals surface area contributed by atoms with Crippen LogP contribution >= 0.6 is 0 Å². The molecule has 2 aromatic carbocycles. The van der Waals surface area contributed by atoms with E-state index in [2.05, 4.69) is 59.9 Å². The molecule has 0 heterocycles. The van der Waals surface area contributed by atoms with Crippen LogP contribution in [0.4, 0.5) is 0 Å². The fourth-order valence-electron chi connectivity index (χ4n) is 1.89. The Labute approximate surface area is 97.1 Å². The summed E-state index contributed by atoms with van der Waals surface area (Å²) in [6, 6.07) is 19.3. The van der Waals surface area contributed by atoms with Crippen LogP contribution in [0.15, 0.2) is 54.6 Å². The Morgan fingerprint density at radius 3 is 2.25 bits per heavy atom. The average Bonchev–Trinajstić information content (AvgIpc) is 2.31. The van der Waals surface area contributed by atoms with E-state index in [-0.39, 0.29) is 0 Å². The lowest BCUT2D eigenvalue weighted by molar-refractivity contribution is 0.816. The van der Waals surface area contributed by atoms with E-state index < -0.39 is 0 Å². The SMILES string of the molecule is CNCc1cccc(Cc2ccccc2)c1. The van der Waals surface area contributed by atoms with E-state index >= 15 is 0 Å². The molecule has 0 aliphatic carbocycles. The smallest absolute Gasteiger partial charge is 0.0202 e. The number of benzene rings is 2. The molecule has 0 aromatic heterocycles. The molecule has 0 saturated carbocycles. The van der Waals surface area contributed by atoms with Gasteiger partial charge in [0.15, 0.2) is 0 Å². The van der Waals surface area contributed by atoms with Gasteiger partial charge in [-0.1, -0.05) is 54.6 Å². The van der Waals surface area contributed by atoms with Crippen molar-refractivity contribution in [1.82, 2.24) is 5.32 Å². The standard InChI is InChI=1S/C15H17N/c1-16-12-15-9-5-8-14(11-15)10-13-6-3-2-4-7-13/h2-9,11,16H,10,12H2,1H3. The Kier molecular flexibility index (Phi) is 3.73. The van der Waals surface area contributed by atoms with Crippen molar-refractivity contribution >= 4 is 0 Å². The molecule has 0 aliphatic heterocycles. The highest BCUT2D eigenvalue weighted by Crippen LogP contribution is 2.11.